The van der Waals surface area contributed by atoms with Crippen LogP contribution in [0.2, 0.25) is 0 Å². The molecule has 1 aromatic heterocycles. The van der Waals surface area contributed by atoms with E-state index < -0.39 is 16.6 Å². The Hall–Kier alpha value is -2.07. The van der Waals surface area contributed by atoms with Crippen LogP contribution in [0.1, 0.15) is 65.1 Å². The Labute approximate surface area is 233 Å². The van der Waals surface area contributed by atoms with Crippen LogP contribution in [0, 0.1) is 30.1 Å². The molecule has 3 aliphatic heterocycles. The number of likely N-dealkylation sites (tertiary alicyclic amines) is 2. The molecule has 5 rings (SSSR count). The van der Waals surface area contributed by atoms with Gasteiger partial charge in [-0.15, -0.1) is 11.3 Å². The van der Waals surface area contributed by atoms with Crippen LogP contribution in [-0.2, 0) is 23.3 Å². The average molecular weight is 567 g/mol. The number of amides is 2. The minimum atomic E-state index is -0.490. The predicted molar refractivity (Wildman–Crippen MR) is 143 cm³/mol. The molecule has 0 N–H and O–H groups in total. The molecule has 0 radical (unpaired) electrons. The van der Waals surface area contributed by atoms with Crippen molar-refractivity contribution in [3.8, 4) is 6.07 Å². The van der Waals surface area contributed by atoms with Gasteiger partial charge in [-0.2, -0.15) is 5.26 Å². The van der Waals surface area contributed by atoms with Crippen LogP contribution in [0.25, 0.3) is 0 Å². The third-order valence-electron chi connectivity index (χ3n) is 6.96. The maximum Gasteiger partial charge on any atom is 0.410 e. The van der Waals surface area contributed by atoms with Crippen LogP contribution >= 0.6 is 23.7 Å². The molecule has 0 bridgehead atoms. The average Bonchev–Trinajstić information content (AvgIpc) is 3.11. The lowest BCUT2D eigenvalue weighted by Gasteiger charge is -2.33. The maximum absolute atomic E-state index is 12.2. The molecule has 0 spiro atoms. The van der Waals surface area contributed by atoms with Gasteiger partial charge in [0.25, 0.3) is 0 Å². The molecule has 12 heteroatoms. The van der Waals surface area contributed by atoms with Crippen molar-refractivity contribution in [3.63, 3.8) is 0 Å². The number of piperidine rings is 2. The lowest BCUT2D eigenvalue weighted by Crippen LogP contribution is -2.49. The molecule has 1 aliphatic carbocycles. The molecule has 0 aromatic carbocycles. The van der Waals surface area contributed by atoms with Crippen molar-refractivity contribution in [3.05, 3.63) is 16.1 Å². The molecule has 2 amide bonds. The number of nitriles is 1. The Morgan fingerprint density at radius 3 is 2.13 bits per heavy atom. The number of hydrogen-bond acceptors (Lipinski definition) is 10. The van der Waals surface area contributed by atoms with Crippen LogP contribution in [0.5, 0.6) is 0 Å². The number of rotatable bonds is 1. The first-order valence-corrected chi connectivity index (χ1v) is 14.6. The van der Waals surface area contributed by atoms with Crippen LogP contribution < -0.4 is 0 Å². The molecule has 1 saturated carbocycles. The van der Waals surface area contributed by atoms with Crippen LogP contribution in [0.4, 0.5) is 9.59 Å². The number of fused-ring (bicyclic) bond motifs is 2. The lowest BCUT2D eigenvalue weighted by molar-refractivity contribution is -0.000758. The molecular weight excluding hydrogens is 528 g/mol. The molecule has 4 heterocycles. The number of aryl methyl sites for hydroxylation is 1. The Bertz CT molecular complexity index is 1080. The fraction of sp³-hybridized carbons (Fsp3) is 0.769. The number of carbonyl (C=O) groups is 2. The van der Waals surface area contributed by atoms with Crippen molar-refractivity contribution < 1.29 is 27.4 Å². The molecule has 38 heavy (non-hydrogen) atoms. The highest BCUT2D eigenvalue weighted by Gasteiger charge is 2.69. The smallest absolute Gasteiger partial charge is 0.410 e. The summed E-state index contributed by atoms with van der Waals surface area (Å²) in [7, 11) is 0. The van der Waals surface area contributed by atoms with Crippen LogP contribution in [-0.4, -0.2) is 76.6 Å². The minimum absolute atomic E-state index is 0.0220. The topological polar surface area (TPSA) is 114 Å². The normalized spacial score (nSPS) is 30.3. The maximum atomic E-state index is 12.2. The summed E-state index contributed by atoms with van der Waals surface area (Å²) < 4.78 is 21.4. The van der Waals surface area contributed by atoms with E-state index in [1.54, 1.807) is 21.1 Å². The summed E-state index contributed by atoms with van der Waals surface area (Å²) in [6.07, 6.45) is 1.19. The fourth-order valence-electron chi connectivity index (χ4n) is 5.14. The second kappa shape index (κ2) is 10.8. The zero-order valence-electron chi connectivity index (χ0n) is 23.2. The van der Waals surface area contributed by atoms with E-state index in [1.165, 1.54) is 0 Å². The zero-order chi connectivity index (χ0) is 27.9. The molecule has 4 fully saturated rings. The van der Waals surface area contributed by atoms with E-state index in [1.807, 2.05) is 53.8 Å². The monoisotopic (exact) mass is 566 g/mol. The van der Waals surface area contributed by atoms with E-state index in [0.717, 1.165) is 35.9 Å². The van der Waals surface area contributed by atoms with Gasteiger partial charge in [0, 0.05) is 36.6 Å². The van der Waals surface area contributed by atoms with E-state index in [0.29, 0.717) is 32.1 Å². The summed E-state index contributed by atoms with van der Waals surface area (Å²) in [6, 6.07) is 2.50. The van der Waals surface area contributed by atoms with Gasteiger partial charge in [0.05, 0.1) is 12.6 Å². The summed E-state index contributed by atoms with van der Waals surface area (Å²) in [5.74, 6) is 0.506. The second-order valence-corrected chi connectivity index (χ2v) is 13.6. The molecule has 10 nitrogen and oxygen atoms in total. The zero-order valence-corrected chi connectivity index (χ0v) is 24.8. The third kappa shape index (κ3) is 6.38. The van der Waals surface area contributed by atoms with E-state index in [9.17, 15) is 14.9 Å². The van der Waals surface area contributed by atoms with Gasteiger partial charge in [0.2, 0.25) is 0 Å². The first kappa shape index (κ1) is 28.9. The Morgan fingerprint density at radius 2 is 1.58 bits per heavy atom. The standard InChI is InChI=1S/C16H21N3O2S.C10H17NO4S/c1-10-8-22-13(18-10)16(9-17)11-5-6-19(7-12(11)16)14(20)21-15(2,3)4;1-10(2,3)13-9(12)11-5-4-7-8(6-11)15-16-14-7/h8,11-12H,5-7H2,1-4H3;7-8H,4-6H2,1-3H3. The first-order valence-electron chi connectivity index (χ1n) is 13.0. The molecule has 5 atom stereocenters. The predicted octanol–water partition coefficient (Wildman–Crippen LogP) is 5.07. The summed E-state index contributed by atoms with van der Waals surface area (Å²) in [5.41, 5.74) is -0.469. The van der Waals surface area contributed by atoms with E-state index in [2.05, 4.69) is 11.1 Å². The van der Waals surface area contributed by atoms with Crippen molar-refractivity contribution in [2.24, 2.45) is 11.8 Å². The molecule has 4 aliphatic rings. The summed E-state index contributed by atoms with van der Waals surface area (Å²) in [5, 5.41) is 12.6. The number of hydrogen-bond donors (Lipinski definition) is 0. The number of aromatic nitrogens is 1. The summed E-state index contributed by atoms with van der Waals surface area (Å²) in [6.45, 7) is 15.6. The van der Waals surface area contributed by atoms with Gasteiger partial charge in [-0.3, -0.25) is 8.37 Å². The van der Waals surface area contributed by atoms with Crippen molar-refractivity contribution in [2.45, 2.75) is 90.1 Å². The molecule has 210 valence electrons. The summed E-state index contributed by atoms with van der Waals surface area (Å²) >= 11 is 2.59. The van der Waals surface area contributed by atoms with E-state index >= 15 is 0 Å². The Kier molecular flexibility index (Phi) is 8.25. The first-order chi connectivity index (χ1) is 17.7. The SMILES string of the molecule is CC(C)(C)OC(=O)N1CCC2OSOC2C1.Cc1csc(C2(C#N)C3CCN(C(=O)OC(C)(C)C)CC32)n1. The highest BCUT2D eigenvalue weighted by molar-refractivity contribution is 7.90. The number of carbonyl (C=O) groups excluding carboxylic acids is 2. The number of thiazole rings is 1. The van der Waals surface area contributed by atoms with Gasteiger partial charge in [0.1, 0.15) is 33.8 Å². The van der Waals surface area contributed by atoms with Crippen molar-refractivity contribution in [1.82, 2.24) is 14.8 Å². The molecule has 1 aromatic rings. The van der Waals surface area contributed by atoms with Crippen LogP contribution in [0.15, 0.2) is 5.38 Å². The van der Waals surface area contributed by atoms with Crippen molar-refractivity contribution in [2.75, 3.05) is 26.2 Å². The van der Waals surface area contributed by atoms with Gasteiger partial charge in [-0.25, -0.2) is 14.6 Å². The number of nitrogens with zero attached hydrogens (tertiary/aromatic N) is 4. The quantitative estimate of drug-likeness (QED) is 0.430. The van der Waals surface area contributed by atoms with Crippen LogP contribution in [0.3, 0.4) is 0 Å². The second-order valence-electron chi connectivity index (χ2n) is 12.3. The highest BCUT2D eigenvalue weighted by Crippen LogP contribution is 2.63. The molecule has 3 saturated heterocycles. The summed E-state index contributed by atoms with van der Waals surface area (Å²) in [4.78, 5) is 32.0. The van der Waals surface area contributed by atoms with Crippen molar-refractivity contribution in [1.29, 1.82) is 5.26 Å². The highest BCUT2D eigenvalue weighted by atomic mass is 32.2. The largest absolute Gasteiger partial charge is 0.444 e. The van der Waals surface area contributed by atoms with Gasteiger partial charge in [-0.05, 0) is 67.2 Å². The Balaban J connectivity index is 0.000000186. The van der Waals surface area contributed by atoms with Gasteiger partial charge >= 0.3 is 12.2 Å². The van der Waals surface area contributed by atoms with Gasteiger partial charge in [-0.1, -0.05) is 0 Å². The van der Waals surface area contributed by atoms with Gasteiger partial charge < -0.3 is 19.3 Å². The van der Waals surface area contributed by atoms with E-state index in [-0.39, 0.29) is 30.3 Å². The van der Waals surface area contributed by atoms with E-state index in [4.69, 9.17) is 17.8 Å². The number of ether oxygens (including phenoxy) is 2. The van der Waals surface area contributed by atoms with Crippen molar-refractivity contribution >= 4 is 35.8 Å². The van der Waals surface area contributed by atoms with Gasteiger partial charge in [0.15, 0.2) is 12.3 Å². The third-order valence-corrected chi connectivity index (χ3v) is 8.72. The Morgan fingerprint density at radius 1 is 1.00 bits per heavy atom. The fourth-order valence-corrected chi connectivity index (χ4v) is 6.87. The molecular formula is C26H38N4O6S2. The lowest BCUT2D eigenvalue weighted by atomic mass is 10.0. The minimum Gasteiger partial charge on any atom is -0.444 e. The molecule has 5 unspecified atom stereocenters.